The van der Waals surface area contributed by atoms with Crippen LogP contribution in [0.5, 0.6) is 0 Å². The first-order valence-electron chi connectivity index (χ1n) is 12.0. The van der Waals surface area contributed by atoms with Crippen LogP contribution in [0.15, 0.2) is 12.2 Å². The van der Waals surface area contributed by atoms with Gasteiger partial charge < -0.3 is 9.84 Å². The number of allylic oxidation sites excluding steroid dienone is 1. The SMILES string of the molecule is C=C(C(=O)C[C@H](CO)CC[C@@H](C)C(C)(C)CC[C@@H]1CCC[C@H](OC(C)=O)C1)C(C)C. The summed E-state index contributed by atoms with van der Waals surface area (Å²) in [5, 5.41) is 9.75. The maximum absolute atomic E-state index is 12.3. The van der Waals surface area contributed by atoms with Crippen molar-refractivity contribution in [2.75, 3.05) is 6.61 Å². The largest absolute Gasteiger partial charge is 0.463 e. The van der Waals surface area contributed by atoms with Crippen molar-refractivity contribution in [2.24, 2.45) is 29.1 Å². The molecule has 0 spiro atoms. The highest BCUT2D eigenvalue weighted by Gasteiger charge is 2.30. The van der Waals surface area contributed by atoms with E-state index in [1.54, 1.807) is 0 Å². The molecular formula is C26H46O4. The molecule has 0 amide bonds. The Morgan fingerprint density at radius 1 is 1.17 bits per heavy atom. The van der Waals surface area contributed by atoms with Gasteiger partial charge in [-0.05, 0) is 79.6 Å². The van der Waals surface area contributed by atoms with E-state index >= 15 is 0 Å². The second-order valence-corrected chi connectivity index (χ2v) is 10.6. The van der Waals surface area contributed by atoms with Crippen molar-refractivity contribution in [2.45, 2.75) is 105 Å². The number of carbonyl (C=O) groups excluding carboxylic acids is 2. The Kier molecular flexibility index (Phi) is 11.3. The van der Waals surface area contributed by atoms with Crippen molar-refractivity contribution < 1.29 is 19.4 Å². The van der Waals surface area contributed by atoms with E-state index in [1.807, 2.05) is 13.8 Å². The molecule has 4 nitrogen and oxygen atoms in total. The molecule has 1 aliphatic carbocycles. The molecular weight excluding hydrogens is 376 g/mol. The lowest BCUT2D eigenvalue weighted by Gasteiger charge is -2.36. The summed E-state index contributed by atoms with van der Waals surface area (Å²) in [6.45, 7) is 16.4. The molecule has 0 aromatic carbocycles. The maximum Gasteiger partial charge on any atom is 0.302 e. The second kappa shape index (κ2) is 12.6. The molecule has 0 aliphatic heterocycles. The van der Waals surface area contributed by atoms with Gasteiger partial charge in [0, 0.05) is 20.0 Å². The first-order valence-corrected chi connectivity index (χ1v) is 12.0. The lowest BCUT2D eigenvalue weighted by Crippen LogP contribution is -2.27. The summed E-state index contributed by atoms with van der Waals surface area (Å²) in [7, 11) is 0. The molecule has 30 heavy (non-hydrogen) atoms. The van der Waals surface area contributed by atoms with Crippen molar-refractivity contribution in [1.29, 1.82) is 0 Å². The van der Waals surface area contributed by atoms with Crippen LogP contribution in [-0.4, -0.2) is 29.6 Å². The molecule has 1 saturated carbocycles. The number of esters is 1. The zero-order valence-electron chi connectivity index (χ0n) is 20.3. The van der Waals surface area contributed by atoms with E-state index in [-0.39, 0.29) is 41.7 Å². The molecule has 0 aromatic rings. The number of ketones is 1. The summed E-state index contributed by atoms with van der Waals surface area (Å²) >= 11 is 0. The van der Waals surface area contributed by atoms with E-state index in [0.29, 0.717) is 23.8 Å². The minimum atomic E-state index is -0.163. The summed E-state index contributed by atoms with van der Waals surface area (Å²) < 4.78 is 5.44. The van der Waals surface area contributed by atoms with Gasteiger partial charge in [-0.1, -0.05) is 47.6 Å². The molecule has 0 saturated heterocycles. The Bertz CT molecular complexity index is 563. The molecule has 0 aromatic heterocycles. The van der Waals surface area contributed by atoms with Gasteiger partial charge in [-0.15, -0.1) is 0 Å². The van der Waals surface area contributed by atoms with Crippen molar-refractivity contribution in [3.8, 4) is 0 Å². The molecule has 174 valence electrons. The maximum atomic E-state index is 12.3. The molecule has 4 heteroatoms. The fraction of sp³-hybridized carbons (Fsp3) is 0.846. The van der Waals surface area contributed by atoms with E-state index in [4.69, 9.17) is 4.74 Å². The highest BCUT2D eigenvalue weighted by atomic mass is 16.5. The number of carbonyl (C=O) groups is 2. The number of aliphatic hydroxyl groups excluding tert-OH is 1. The van der Waals surface area contributed by atoms with Crippen LogP contribution >= 0.6 is 0 Å². The number of rotatable bonds is 13. The van der Waals surface area contributed by atoms with E-state index in [2.05, 4.69) is 27.4 Å². The number of hydrogen-bond donors (Lipinski definition) is 1. The fourth-order valence-electron chi connectivity index (χ4n) is 4.52. The monoisotopic (exact) mass is 422 g/mol. The smallest absolute Gasteiger partial charge is 0.302 e. The van der Waals surface area contributed by atoms with Crippen LogP contribution in [0.25, 0.3) is 0 Å². The van der Waals surface area contributed by atoms with Gasteiger partial charge in [0.15, 0.2) is 5.78 Å². The van der Waals surface area contributed by atoms with E-state index in [9.17, 15) is 14.7 Å². The van der Waals surface area contributed by atoms with Gasteiger partial charge in [0.2, 0.25) is 0 Å². The average Bonchev–Trinajstić information content (AvgIpc) is 2.68. The Hall–Kier alpha value is -1.16. The number of hydrogen-bond acceptors (Lipinski definition) is 4. The molecule has 4 atom stereocenters. The van der Waals surface area contributed by atoms with Crippen molar-refractivity contribution >= 4 is 11.8 Å². The minimum Gasteiger partial charge on any atom is -0.463 e. The Morgan fingerprint density at radius 2 is 1.83 bits per heavy atom. The van der Waals surface area contributed by atoms with Gasteiger partial charge >= 0.3 is 5.97 Å². The summed E-state index contributed by atoms with van der Waals surface area (Å²) in [4.78, 5) is 23.6. The summed E-state index contributed by atoms with van der Waals surface area (Å²) in [6.07, 6.45) is 9.09. The van der Waals surface area contributed by atoms with Gasteiger partial charge in [0.25, 0.3) is 0 Å². The molecule has 0 heterocycles. The highest BCUT2D eigenvalue weighted by Crippen LogP contribution is 2.39. The van der Waals surface area contributed by atoms with Crippen molar-refractivity contribution in [1.82, 2.24) is 0 Å². The lowest BCUT2D eigenvalue weighted by molar-refractivity contribution is -0.148. The topological polar surface area (TPSA) is 63.6 Å². The molecule has 1 aliphatic rings. The van der Waals surface area contributed by atoms with Gasteiger partial charge in [-0.25, -0.2) is 0 Å². The molecule has 1 fully saturated rings. The quantitative estimate of drug-likeness (QED) is 0.287. The Balaban J connectivity index is 2.46. The third kappa shape index (κ3) is 9.32. The van der Waals surface area contributed by atoms with Gasteiger partial charge in [-0.2, -0.15) is 0 Å². The molecule has 1 rings (SSSR count). The Labute approximate surface area is 184 Å². The van der Waals surface area contributed by atoms with E-state index in [0.717, 1.165) is 38.5 Å². The lowest BCUT2D eigenvalue weighted by atomic mass is 9.71. The zero-order chi connectivity index (χ0) is 22.9. The summed E-state index contributed by atoms with van der Waals surface area (Å²) in [6, 6.07) is 0. The standard InChI is InChI=1S/C26H46O4/c1-18(2)20(4)25(29)16-23(17-27)12-11-19(3)26(6,7)14-13-22-9-8-10-24(15-22)30-21(5)28/h18-19,22-24,27H,4,8-17H2,1-3,5-7H3/t19-,22+,23-,24+/m1/s1. The van der Waals surface area contributed by atoms with Gasteiger partial charge in [-0.3, -0.25) is 9.59 Å². The third-order valence-electron chi connectivity index (χ3n) is 7.39. The molecule has 0 unspecified atom stereocenters. The number of aliphatic hydroxyl groups is 1. The second-order valence-electron chi connectivity index (χ2n) is 10.6. The van der Waals surface area contributed by atoms with Crippen LogP contribution in [0.1, 0.15) is 99.3 Å². The normalized spacial score (nSPS) is 21.9. The Morgan fingerprint density at radius 3 is 2.40 bits per heavy atom. The predicted octanol–water partition coefficient (Wildman–Crippen LogP) is 6.11. The van der Waals surface area contributed by atoms with Crippen LogP contribution in [0, 0.1) is 29.1 Å². The highest BCUT2D eigenvalue weighted by molar-refractivity contribution is 5.95. The van der Waals surface area contributed by atoms with Crippen LogP contribution in [0.4, 0.5) is 0 Å². The zero-order valence-corrected chi connectivity index (χ0v) is 20.3. The van der Waals surface area contributed by atoms with Crippen LogP contribution in [0.3, 0.4) is 0 Å². The van der Waals surface area contributed by atoms with Gasteiger partial charge in [0.05, 0.1) is 0 Å². The molecule has 1 N–H and O–H groups in total. The average molecular weight is 423 g/mol. The fourth-order valence-corrected chi connectivity index (χ4v) is 4.52. The van der Waals surface area contributed by atoms with Gasteiger partial charge in [0.1, 0.15) is 6.10 Å². The first kappa shape index (κ1) is 26.9. The van der Waals surface area contributed by atoms with E-state index in [1.165, 1.54) is 19.8 Å². The number of ether oxygens (including phenoxy) is 1. The molecule has 0 radical (unpaired) electrons. The third-order valence-corrected chi connectivity index (χ3v) is 7.39. The molecule has 0 bridgehead atoms. The van der Waals surface area contributed by atoms with Crippen LogP contribution in [-0.2, 0) is 14.3 Å². The summed E-state index contributed by atoms with van der Waals surface area (Å²) in [5.41, 5.74) is 0.876. The first-order chi connectivity index (χ1) is 14.0. The van der Waals surface area contributed by atoms with E-state index < -0.39 is 0 Å². The summed E-state index contributed by atoms with van der Waals surface area (Å²) in [5.74, 6) is 1.27. The minimum absolute atomic E-state index is 0.0223. The predicted molar refractivity (Wildman–Crippen MR) is 123 cm³/mol. The van der Waals surface area contributed by atoms with Crippen LogP contribution in [0.2, 0.25) is 0 Å². The van der Waals surface area contributed by atoms with Crippen molar-refractivity contribution in [3.63, 3.8) is 0 Å². The van der Waals surface area contributed by atoms with Crippen LogP contribution < -0.4 is 0 Å². The van der Waals surface area contributed by atoms with Crippen molar-refractivity contribution in [3.05, 3.63) is 12.2 Å². The number of Topliss-reactive ketones (excluding diaryl/α,β-unsaturated/α-hetero) is 1.